The van der Waals surface area contributed by atoms with Gasteiger partial charge in [-0.2, -0.15) is 5.10 Å². The molecule has 0 unspecified atom stereocenters. The minimum Gasteiger partial charge on any atom is -0.311 e. The van der Waals surface area contributed by atoms with E-state index in [-0.39, 0.29) is 18.0 Å². The van der Waals surface area contributed by atoms with Crippen molar-refractivity contribution in [3.8, 4) is 5.69 Å². The number of nitro groups is 1. The van der Waals surface area contributed by atoms with Gasteiger partial charge in [-0.15, -0.1) is 0 Å². The van der Waals surface area contributed by atoms with E-state index in [1.54, 1.807) is 11.0 Å². The molecule has 0 spiro atoms. The van der Waals surface area contributed by atoms with Crippen molar-refractivity contribution in [2.45, 2.75) is 26.7 Å². The van der Waals surface area contributed by atoms with Gasteiger partial charge < -0.3 is 4.90 Å². The van der Waals surface area contributed by atoms with Crippen LogP contribution in [-0.4, -0.2) is 27.2 Å². The lowest BCUT2D eigenvalue weighted by atomic mass is 10.1. The number of hydrogen-bond donors (Lipinski definition) is 0. The van der Waals surface area contributed by atoms with Crippen molar-refractivity contribution in [1.82, 2.24) is 9.78 Å². The summed E-state index contributed by atoms with van der Waals surface area (Å²) in [6, 6.07) is 14.5. The minimum absolute atomic E-state index is 0.00251. The number of para-hydroxylation sites is 1. The Bertz CT molecular complexity index is 1070. The van der Waals surface area contributed by atoms with Gasteiger partial charge in [0.05, 0.1) is 28.4 Å². The van der Waals surface area contributed by atoms with Crippen LogP contribution < -0.4 is 4.90 Å². The molecule has 0 N–H and O–H groups in total. The smallest absolute Gasteiger partial charge is 0.271 e. The van der Waals surface area contributed by atoms with Crippen molar-refractivity contribution < 1.29 is 9.72 Å². The van der Waals surface area contributed by atoms with Gasteiger partial charge in [-0.3, -0.25) is 14.9 Å². The molecule has 4 rings (SSSR count). The average Bonchev–Trinajstić information content (AvgIpc) is 3.24. The summed E-state index contributed by atoms with van der Waals surface area (Å²) in [6.07, 6.45) is 0.924. The summed E-state index contributed by atoms with van der Waals surface area (Å²) >= 11 is 0. The van der Waals surface area contributed by atoms with Gasteiger partial charge in [-0.25, -0.2) is 4.68 Å². The zero-order valence-corrected chi connectivity index (χ0v) is 15.8. The van der Waals surface area contributed by atoms with Gasteiger partial charge in [0, 0.05) is 29.9 Å². The van der Waals surface area contributed by atoms with Gasteiger partial charge >= 0.3 is 0 Å². The van der Waals surface area contributed by atoms with Crippen LogP contribution in [0, 0.1) is 24.0 Å². The molecule has 3 aromatic rings. The first-order valence-electron chi connectivity index (χ1n) is 9.14. The Balaban J connectivity index is 1.62. The number of hydrogen-bond acceptors (Lipinski definition) is 4. The molecule has 1 aromatic heterocycles. The topological polar surface area (TPSA) is 81.3 Å². The van der Waals surface area contributed by atoms with Crippen molar-refractivity contribution in [2.75, 3.05) is 11.4 Å². The summed E-state index contributed by atoms with van der Waals surface area (Å²) in [4.78, 5) is 25.3. The Morgan fingerprint density at radius 3 is 2.64 bits per heavy atom. The Kier molecular flexibility index (Phi) is 4.43. The standard InChI is InChI=1S/C21H20N4O3/c1-14-19(15(2)24(22-14)17-6-4-3-5-7-17)13-21(26)23-11-10-16-8-9-18(25(27)28)12-20(16)23/h3-9,12H,10-11,13H2,1-2H3. The predicted molar refractivity (Wildman–Crippen MR) is 106 cm³/mol. The van der Waals surface area contributed by atoms with Gasteiger partial charge in [0.1, 0.15) is 0 Å². The number of anilines is 1. The number of carbonyl (C=O) groups is 1. The Morgan fingerprint density at radius 1 is 1.18 bits per heavy atom. The van der Waals surface area contributed by atoms with Gasteiger partial charge in [-0.1, -0.05) is 24.3 Å². The van der Waals surface area contributed by atoms with Crippen LogP contribution in [0.15, 0.2) is 48.5 Å². The zero-order valence-electron chi connectivity index (χ0n) is 15.8. The van der Waals surface area contributed by atoms with Crippen LogP contribution in [0.4, 0.5) is 11.4 Å². The van der Waals surface area contributed by atoms with Crippen LogP contribution in [0.1, 0.15) is 22.5 Å². The summed E-state index contributed by atoms with van der Waals surface area (Å²) in [5.41, 5.74) is 5.19. The monoisotopic (exact) mass is 376 g/mol. The molecule has 0 saturated heterocycles. The molecule has 0 saturated carbocycles. The van der Waals surface area contributed by atoms with Gasteiger partial charge in [0.2, 0.25) is 5.91 Å². The zero-order chi connectivity index (χ0) is 19.8. The van der Waals surface area contributed by atoms with E-state index in [4.69, 9.17) is 0 Å². The molecule has 1 aliphatic rings. The van der Waals surface area contributed by atoms with E-state index >= 15 is 0 Å². The van der Waals surface area contributed by atoms with Crippen LogP contribution in [0.2, 0.25) is 0 Å². The van der Waals surface area contributed by atoms with Crippen molar-refractivity contribution in [2.24, 2.45) is 0 Å². The van der Waals surface area contributed by atoms with Crippen LogP contribution in [0.3, 0.4) is 0 Å². The maximum Gasteiger partial charge on any atom is 0.271 e. The second-order valence-electron chi connectivity index (χ2n) is 6.94. The molecule has 142 valence electrons. The average molecular weight is 376 g/mol. The van der Waals surface area contributed by atoms with E-state index in [2.05, 4.69) is 5.10 Å². The lowest BCUT2D eigenvalue weighted by Gasteiger charge is -2.17. The van der Waals surface area contributed by atoms with Crippen molar-refractivity contribution in [3.05, 3.63) is 81.2 Å². The fraction of sp³-hybridized carbons (Fsp3) is 0.238. The number of nitrogens with zero attached hydrogens (tertiary/aromatic N) is 4. The third kappa shape index (κ3) is 3.05. The second-order valence-corrected chi connectivity index (χ2v) is 6.94. The summed E-state index contributed by atoms with van der Waals surface area (Å²) in [7, 11) is 0. The molecule has 0 aliphatic carbocycles. The van der Waals surface area contributed by atoms with Gasteiger partial charge in [-0.05, 0) is 38.0 Å². The van der Waals surface area contributed by atoms with E-state index in [0.717, 1.165) is 28.2 Å². The third-order valence-electron chi connectivity index (χ3n) is 5.25. The number of benzene rings is 2. The highest BCUT2D eigenvalue weighted by molar-refractivity contribution is 5.97. The highest BCUT2D eigenvalue weighted by Crippen LogP contribution is 2.32. The molecule has 28 heavy (non-hydrogen) atoms. The molecule has 1 amide bonds. The third-order valence-corrected chi connectivity index (χ3v) is 5.25. The van der Waals surface area contributed by atoms with Gasteiger partial charge in [0.25, 0.3) is 5.69 Å². The molecule has 2 aromatic carbocycles. The molecular weight excluding hydrogens is 356 g/mol. The number of rotatable bonds is 4. The van der Waals surface area contributed by atoms with Crippen molar-refractivity contribution in [3.63, 3.8) is 0 Å². The summed E-state index contributed by atoms with van der Waals surface area (Å²) in [5.74, 6) is -0.0712. The molecule has 0 bridgehead atoms. The number of nitro benzene ring substituents is 1. The molecule has 7 heteroatoms. The number of amides is 1. The number of aryl methyl sites for hydroxylation is 1. The first kappa shape index (κ1) is 17.9. The highest BCUT2D eigenvalue weighted by atomic mass is 16.6. The molecule has 1 aliphatic heterocycles. The van der Waals surface area contributed by atoms with E-state index in [1.165, 1.54) is 12.1 Å². The van der Waals surface area contributed by atoms with E-state index < -0.39 is 4.92 Å². The minimum atomic E-state index is -0.431. The quantitative estimate of drug-likeness (QED) is 0.515. The Morgan fingerprint density at radius 2 is 1.93 bits per heavy atom. The summed E-state index contributed by atoms with van der Waals surface area (Å²) < 4.78 is 1.85. The summed E-state index contributed by atoms with van der Waals surface area (Å²) in [6.45, 7) is 4.40. The fourth-order valence-corrected chi connectivity index (χ4v) is 3.74. The molecule has 0 fully saturated rings. The van der Waals surface area contributed by atoms with E-state index in [0.29, 0.717) is 18.7 Å². The highest BCUT2D eigenvalue weighted by Gasteiger charge is 2.28. The van der Waals surface area contributed by atoms with Gasteiger partial charge in [0.15, 0.2) is 0 Å². The first-order valence-corrected chi connectivity index (χ1v) is 9.14. The molecule has 7 nitrogen and oxygen atoms in total. The first-order chi connectivity index (χ1) is 13.5. The maximum atomic E-state index is 13.0. The maximum absolute atomic E-state index is 13.0. The van der Waals surface area contributed by atoms with E-state index in [1.807, 2.05) is 48.9 Å². The molecular formula is C21H20N4O3. The van der Waals surface area contributed by atoms with Crippen LogP contribution >= 0.6 is 0 Å². The van der Waals surface area contributed by atoms with Crippen molar-refractivity contribution in [1.29, 1.82) is 0 Å². The number of carbonyl (C=O) groups excluding carboxylic acids is 1. The predicted octanol–water partition coefficient (Wildman–Crippen LogP) is 3.53. The Hall–Kier alpha value is -3.48. The number of non-ortho nitro benzene ring substituents is 1. The normalized spacial score (nSPS) is 12.9. The van der Waals surface area contributed by atoms with Crippen LogP contribution in [0.25, 0.3) is 5.69 Å². The largest absolute Gasteiger partial charge is 0.311 e. The number of fused-ring (bicyclic) bond motifs is 1. The number of aromatic nitrogens is 2. The SMILES string of the molecule is Cc1nn(-c2ccccc2)c(C)c1CC(=O)N1CCc2ccc([N+](=O)[O-])cc21. The van der Waals surface area contributed by atoms with Crippen LogP contribution in [0.5, 0.6) is 0 Å². The summed E-state index contributed by atoms with van der Waals surface area (Å²) in [5, 5.41) is 15.7. The Labute approximate surface area is 162 Å². The molecule has 0 atom stereocenters. The fourth-order valence-electron chi connectivity index (χ4n) is 3.74. The second kappa shape index (κ2) is 6.92. The van der Waals surface area contributed by atoms with Crippen LogP contribution in [-0.2, 0) is 17.6 Å². The van der Waals surface area contributed by atoms with E-state index in [9.17, 15) is 14.9 Å². The molecule has 2 heterocycles. The lowest BCUT2D eigenvalue weighted by molar-refractivity contribution is -0.384. The molecule has 0 radical (unpaired) electrons. The lowest BCUT2D eigenvalue weighted by Crippen LogP contribution is -2.30. The van der Waals surface area contributed by atoms with Crippen molar-refractivity contribution >= 4 is 17.3 Å².